The van der Waals surface area contributed by atoms with Crippen molar-refractivity contribution in [3.8, 4) is 5.75 Å². The molecule has 0 bridgehead atoms. The maximum Gasteiger partial charge on any atom is 0.329 e. The number of likely N-dealkylation sites (N-methyl/N-ethyl adjacent to an activating group) is 1. The molecule has 0 radical (unpaired) electrons. The van der Waals surface area contributed by atoms with Gasteiger partial charge in [-0.2, -0.15) is 0 Å². The van der Waals surface area contributed by atoms with Crippen molar-refractivity contribution < 1.29 is 14.3 Å². The molecule has 2 rings (SSSR count). The molecular weight excluding hydrogens is 268 g/mol. The summed E-state index contributed by atoms with van der Waals surface area (Å²) in [6, 6.07) is 9.57. The fourth-order valence-corrected chi connectivity index (χ4v) is 2.21. The fraction of sp³-hybridized carbons (Fsp3) is 0.375. The van der Waals surface area contributed by atoms with E-state index in [9.17, 15) is 4.79 Å². The van der Waals surface area contributed by atoms with Crippen LogP contribution >= 0.6 is 0 Å². The number of nitrogens with one attached hydrogen (secondary N) is 1. The summed E-state index contributed by atoms with van der Waals surface area (Å²) in [6.07, 6.45) is 1.72. The maximum absolute atomic E-state index is 11.9. The van der Waals surface area contributed by atoms with Crippen LogP contribution in [0.25, 0.3) is 10.9 Å². The third-order valence-corrected chi connectivity index (χ3v) is 3.31. The van der Waals surface area contributed by atoms with Gasteiger partial charge in [0, 0.05) is 11.6 Å². The van der Waals surface area contributed by atoms with Crippen molar-refractivity contribution >= 4 is 16.9 Å². The average Bonchev–Trinajstić information content (AvgIpc) is 2.52. The van der Waals surface area contributed by atoms with E-state index in [1.807, 2.05) is 37.3 Å². The highest BCUT2D eigenvalue weighted by Gasteiger charge is 2.34. The number of hydrogen-bond acceptors (Lipinski definition) is 5. The Balaban J connectivity index is 2.22. The van der Waals surface area contributed by atoms with Gasteiger partial charge in [0.2, 0.25) is 0 Å². The Morgan fingerprint density at radius 2 is 2.10 bits per heavy atom. The molecule has 1 unspecified atom stereocenters. The highest BCUT2D eigenvalue weighted by molar-refractivity contribution is 5.84. The number of methoxy groups -OCH3 is 1. The highest BCUT2D eigenvalue weighted by atomic mass is 16.5. The first kappa shape index (κ1) is 15.3. The monoisotopic (exact) mass is 288 g/mol. The van der Waals surface area contributed by atoms with Gasteiger partial charge in [0.05, 0.1) is 7.11 Å². The Kier molecular flexibility index (Phi) is 4.75. The van der Waals surface area contributed by atoms with Crippen LogP contribution in [-0.4, -0.2) is 36.8 Å². The van der Waals surface area contributed by atoms with Gasteiger partial charge in [-0.3, -0.25) is 10.3 Å². The lowest BCUT2D eigenvalue weighted by atomic mass is 10.0. The summed E-state index contributed by atoms with van der Waals surface area (Å²) in [5.74, 6) is 0.304. The van der Waals surface area contributed by atoms with Crippen LogP contribution in [0.4, 0.5) is 0 Å². The van der Waals surface area contributed by atoms with Crippen molar-refractivity contribution in [2.75, 3.05) is 20.3 Å². The Morgan fingerprint density at radius 1 is 1.33 bits per heavy atom. The molecule has 0 aliphatic heterocycles. The first-order valence-electron chi connectivity index (χ1n) is 6.90. The number of hydrogen-bond donors (Lipinski definition) is 1. The molecule has 1 aromatic carbocycles. The number of nitrogens with zero attached hydrogens (tertiary/aromatic N) is 1. The summed E-state index contributed by atoms with van der Waals surface area (Å²) >= 11 is 0. The standard InChI is InChI=1S/C16H20N2O3/c1-4-18-16(2,15(19)20-3)11-21-13-9-5-7-12-8-6-10-17-14(12)13/h5-10,18H,4,11H2,1-3H3. The Morgan fingerprint density at radius 3 is 2.81 bits per heavy atom. The SMILES string of the molecule is CCNC(C)(COc1cccc2cccnc12)C(=O)OC. The largest absolute Gasteiger partial charge is 0.489 e. The Labute approximate surface area is 124 Å². The third-order valence-electron chi connectivity index (χ3n) is 3.31. The van der Waals surface area contributed by atoms with Crippen LogP contribution in [0.5, 0.6) is 5.75 Å². The molecule has 1 heterocycles. The van der Waals surface area contributed by atoms with Crippen molar-refractivity contribution in [2.45, 2.75) is 19.4 Å². The van der Waals surface area contributed by atoms with Crippen LogP contribution in [0.2, 0.25) is 0 Å². The van der Waals surface area contributed by atoms with Gasteiger partial charge in [0.25, 0.3) is 0 Å². The van der Waals surface area contributed by atoms with E-state index in [4.69, 9.17) is 9.47 Å². The zero-order valence-electron chi connectivity index (χ0n) is 12.6. The van der Waals surface area contributed by atoms with Crippen molar-refractivity contribution in [3.63, 3.8) is 0 Å². The van der Waals surface area contributed by atoms with Gasteiger partial charge in [0.1, 0.15) is 23.4 Å². The first-order chi connectivity index (χ1) is 10.1. The number of pyridine rings is 1. The number of carbonyl (C=O) groups is 1. The molecule has 0 amide bonds. The van der Waals surface area contributed by atoms with Crippen molar-refractivity contribution in [2.24, 2.45) is 0 Å². The minimum Gasteiger partial charge on any atom is -0.489 e. The van der Waals surface area contributed by atoms with E-state index < -0.39 is 5.54 Å². The summed E-state index contributed by atoms with van der Waals surface area (Å²) in [5, 5.41) is 4.11. The van der Waals surface area contributed by atoms with Gasteiger partial charge in [-0.05, 0) is 25.6 Å². The third kappa shape index (κ3) is 3.31. The second-order valence-electron chi connectivity index (χ2n) is 4.97. The normalized spacial score (nSPS) is 13.7. The number of ether oxygens (including phenoxy) is 2. The Bertz CT molecular complexity index is 624. The smallest absolute Gasteiger partial charge is 0.329 e. The second kappa shape index (κ2) is 6.54. The fourth-order valence-electron chi connectivity index (χ4n) is 2.21. The van der Waals surface area contributed by atoms with Crippen molar-refractivity contribution in [3.05, 3.63) is 36.5 Å². The molecule has 5 nitrogen and oxygen atoms in total. The minimum absolute atomic E-state index is 0.170. The number of esters is 1. The summed E-state index contributed by atoms with van der Waals surface area (Å²) < 4.78 is 10.7. The van der Waals surface area contributed by atoms with Crippen LogP contribution < -0.4 is 10.1 Å². The molecule has 1 aromatic heterocycles. The molecule has 2 aromatic rings. The van der Waals surface area contributed by atoms with Gasteiger partial charge in [-0.15, -0.1) is 0 Å². The first-order valence-corrected chi connectivity index (χ1v) is 6.90. The van der Waals surface area contributed by atoms with Crippen molar-refractivity contribution in [1.29, 1.82) is 0 Å². The van der Waals surface area contributed by atoms with Gasteiger partial charge in [-0.1, -0.05) is 25.1 Å². The lowest BCUT2D eigenvalue weighted by Crippen LogP contribution is -2.54. The predicted octanol–water partition coefficient (Wildman–Crippen LogP) is 2.15. The van der Waals surface area contributed by atoms with Crippen LogP contribution in [0.15, 0.2) is 36.5 Å². The molecule has 21 heavy (non-hydrogen) atoms. The molecule has 1 N–H and O–H groups in total. The van der Waals surface area contributed by atoms with E-state index >= 15 is 0 Å². The lowest BCUT2D eigenvalue weighted by Gasteiger charge is -2.27. The molecule has 5 heteroatoms. The van der Waals surface area contributed by atoms with Crippen LogP contribution in [-0.2, 0) is 9.53 Å². The van der Waals surface area contributed by atoms with Gasteiger partial charge >= 0.3 is 5.97 Å². The molecule has 0 aliphatic rings. The van der Waals surface area contributed by atoms with Crippen LogP contribution in [0.1, 0.15) is 13.8 Å². The number of benzene rings is 1. The quantitative estimate of drug-likeness (QED) is 0.825. The molecule has 0 saturated carbocycles. The summed E-state index contributed by atoms with van der Waals surface area (Å²) in [7, 11) is 1.37. The van der Waals surface area contributed by atoms with Gasteiger partial charge in [0.15, 0.2) is 0 Å². The number of aromatic nitrogens is 1. The van der Waals surface area contributed by atoms with E-state index in [1.54, 1.807) is 13.1 Å². The predicted molar refractivity (Wildman–Crippen MR) is 81.3 cm³/mol. The topological polar surface area (TPSA) is 60.5 Å². The van der Waals surface area contributed by atoms with E-state index in [2.05, 4.69) is 10.3 Å². The molecule has 0 aliphatic carbocycles. The van der Waals surface area contributed by atoms with Crippen LogP contribution in [0.3, 0.4) is 0 Å². The molecule has 112 valence electrons. The van der Waals surface area contributed by atoms with E-state index in [1.165, 1.54) is 7.11 Å². The number of rotatable bonds is 6. The van der Waals surface area contributed by atoms with Crippen LogP contribution in [0, 0.1) is 0 Å². The summed E-state index contributed by atoms with van der Waals surface area (Å²) in [6.45, 7) is 4.51. The maximum atomic E-state index is 11.9. The number of fused-ring (bicyclic) bond motifs is 1. The molecule has 0 saturated heterocycles. The number of carbonyl (C=O) groups excluding carboxylic acids is 1. The second-order valence-corrected chi connectivity index (χ2v) is 4.97. The molecule has 0 spiro atoms. The highest BCUT2D eigenvalue weighted by Crippen LogP contribution is 2.24. The Hall–Kier alpha value is -2.14. The zero-order chi connectivity index (χ0) is 15.3. The molecule has 0 fully saturated rings. The average molecular weight is 288 g/mol. The molecular formula is C16H20N2O3. The van der Waals surface area contributed by atoms with Gasteiger partial charge < -0.3 is 9.47 Å². The summed E-state index contributed by atoms with van der Waals surface area (Å²) in [5.41, 5.74) is -0.107. The lowest BCUT2D eigenvalue weighted by molar-refractivity contribution is -0.149. The number of para-hydroxylation sites is 1. The van der Waals surface area contributed by atoms with Crippen molar-refractivity contribution in [1.82, 2.24) is 10.3 Å². The van der Waals surface area contributed by atoms with Gasteiger partial charge in [-0.25, -0.2) is 4.79 Å². The van der Waals surface area contributed by atoms with E-state index in [0.29, 0.717) is 12.3 Å². The van der Waals surface area contributed by atoms with E-state index in [0.717, 1.165) is 10.9 Å². The van der Waals surface area contributed by atoms with E-state index in [-0.39, 0.29) is 12.6 Å². The molecule has 1 atom stereocenters. The zero-order valence-corrected chi connectivity index (χ0v) is 12.6. The summed E-state index contributed by atoms with van der Waals surface area (Å²) in [4.78, 5) is 16.3. The minimum atomic E-state index is -0.888.